The molecule has 0 N–H and O–H groups in total. The fourth-order valence-electron chi connectivity index (χ4n) is 3.86. The number of ether oxygens (including phenoxy) is 6. The lowest BCUT2D eigenvalue weighted by atomic mass is 9.84. The van der Waals surface area contributed by atoms with E-state index in [9.17, 15) is 28.8 Å². The summed E-state index contributed by atoms with van der Waals surface area (Å²) in [7, 11) is 0. The Morgan fingerprint density at radius 1 is 0.491 bits per heavy atom. The number of rotatable bonds is 12. The molecule has 0 bridgehead atoms. The summed E-state index contributed by atoms with van der Waals surface area (Å²) in [5.41, 5.74) is -4.67. The van der Waals surface area contributed by atoms with Crippen molar-refractivity contribution in [3.05, 3.63) is 75.9 Å². The van der Waals surface area contributed by atoms with Crippen LogP contribution in [0.5, 0.6) is 0 Å². The largest absolute Gasteiger partial charge is 0.449 e. The van der Waals surface area contributed by atoms with Gasteiger partial charge in [0.05, 0.1) is 0 Å². The highest BCUT2D eigenvalue weighted by atomic mass is 16.6. The molecule has 0 amide bonds. The van der Waals surface area contributed by atoms with E-state index in [0.29, 0.717) is 12.8 Å². The molecule has 0 aliphatic heterocycles. The maximum Gasteiger partial charge on any atom is 0.331 e. The molecule has 1 rings (SSSR count). The Morgan fingerprint density at radius 2 is 0.818 bits per heavy atom. The van der Waals surface area contributed by atoms with Gasteiger partial charge in [0, 0.05) is 36.5 Å². The summed E-state index contributed by atoms with van der Waals surface area (Å²) in [6.07, 6.45) is 10.8. The SMILES string of the molecule is C=CC(=O)OC(C)(C)C#CC(C)(C)OC(=O)C=C.C=CC(=O)OC(C)(C)C#CC1(OC(=O)C=C)CCCCC1.C=CC(=O)OCC#CC(C)(C)OC(=O)C=C. The van der Waals surface area contributed by atoms with E-state index >= 15 is 0 Å². The molecular weight excluding hydrogens is 708 g/mol. The first-order valence-corrected chi connectivity index (χ1v) is 17.0. The van der Waals surface area contributed by atoms with Crippen molar-refractivity contribution in [3.8, 4) is 35.5 Å². The van der Waals surface area contributed by atoms with Gasteiger partial charge in [0.2, 0.25) is 0 Å². The number of hydrogen-bond acceptors (Lipinski definition) is 12. The Labute approximate surface area is 326 Å². The average molecular weight is 763 g/mol. The van der Waals surface area contributed by atoms with Gasteiger partial charge in [-0.15, -0.1) is 0 Å². The molecule has 0 heterocycles. The molecule has 0 spiro atoms. The zero-order chi connectivity index (χ0) is 42.9. The zero-order valence-corrected chi connectivity index (χ0v) is 33.3. The average Bonchev–Trinajstić information content (AvgIpc) is 3.11. The summed E-state index contributed by atoms with van der Waals surface area (Å²) < 4.78 is 30.2. The van der Waals surface area contributed by atoms with Gasteiger partial charge in [-0.3, -0.25) is 0 Å². The summed E-state index contributed by atoms with van der Waals surface area (Å²) in [4.78, 5) is 66.5. The van der Waals surface area contributed by atoms with Gasteiger partial charge in [-0.25, -0.2) is 28.8 Å². The molecule has 0 unspecified atom stereocenters. The van der Waals surface area contributed by atoms with E-state index in [1.165, 1.54) is 0 Å². The third kappa shape index (κ3) is 25.5. The minimum Gasteiger partial charge on any atom is -0.449 e. The fraction of sp³-hybridized carbons (Fsp3) is 0.442. The second-order valence-corrected chi connectivity index (χ2v) is 13.3. The van der Waals surface area contributed by atoms with Crippen molar-refractivity contribution in [2.45, 2.75) is 115 Å². The predicted octanol–water partition coefficient (Wildman–Crippen LogP) is 6.16. The Hall–Kier alpha value is -6.06. The smallest absolute Gasteiger partial charge is 0.331 e. The lowest BCUT2D eigenvalue weighted by Crippen LogP contribution is -2.36. The van der Waals surface area contributed by atoms with E-state index < -0.39 is 63.8 Å². The van der Waals surface area contributed by atoms with E-state index in [1.807, 2.05) is 0 Å². The molecule has 12 heteroatoms. The van der Waals surface area contributed by atoms with Crippen LogP contribution in [0.3, 0.4) is 0 Å². The molecular formula is C43H54O12. The summed E-state index contributed by atoms with van der Waals surface area (Å²) in [5.74, 6) is 13.4. The van der Waals surface area contributed by atoms with Gasteiger partial charge >= 0.3 is 35.8 Å². The molecule has 0 saturated heterocycles. The summed E-state index contributed by atoms with van der Waals surface area (Å²) in [6, 6.07) is 0. The second-order valence-electron chi connectivity index (χ2n) is 13.3. The molecule has 1 saturated carbocycles. The highest BCUT2D eigenvalue weighted by molar-refractivity contribution is 5.83. The molecule has 1 aliphatic rings. The number of esters is 6. The molecule has 298 valence electrons. The minimum atomic E-state index is -0.983. The van der Waals surface area contributed by atoms with Crippen LogP contribution in [0.15, 0.2) is 75.9 Å². The maximum atomic E-state index is 11.5. The van der Waals surface area contributed by atoms with Crippen molar-refractivity contribution in [1.29, 1.82) is 0 Å². The van der Waals surface area contributed by atoms with Gasteiger partial charge in [0.1, 0.15) is 0 Å². The van der Waals surface area contributed by atoms with Crippen molar-refractivity contribution in [2.24, 2.45) is 0 Å². The second kappa shape index (κ2) is 24.3. The molecule has 0 radical (unpaired) electrons. The first-order chi connectivity index (χ1) is 25.3. The Morgan fingerprint density at radius 3 is 1.16 bits per heavy atom. The van der Waals surface area contributed by atoms with Gasteiger partial charge < -0.3 is 28.4 Å². The van der Waals surface area contributed by atoms with Crippen molar-refractivity contribution in [3.63, 3.8) is 0 Å². The third-order valence-corrected chi connectivity index (χ3v) is 6.31. The first-order valence-electron chi connectivity index (χ1n) is 17.0. The van der Waals surface area contributed by atoms with Gasteiger partial charge in [-0.1, -0.05) is 81.4 Å². The van der Waals surface area contributed by atoms with Crippen LogP contribution in [0.4, 0.5) is 0 Å². The summed E-state index contributed by atoms with van der Waals surface area (Å²) >= 11 is 0. The molecule has 12 nitrogen and oxygen atoms in total. The topological polar surface area (TPSA) is 158 Å². The van der Waals surface area contributed by atoms with E-state index in [4.69, 9.17) is 23.7 Å². The fourth-order valence-corrected chi connectivity index (χ4v) is 3.86. The van der Waals surface area contributed by atoms with Crippen LogP contribution in [0.2, 0.25) is 0 Å². The quantitative estimate of drug-likeness (QED) is 0.0967. The van der Waals surface area contributed by atoms with Crippen LogP contribution < -0.4 is 0 Å². The Kier molecular flexibility index (Phi) is 22.5. The van der Waals surface area contributed by atoms with Crippen LogP contribution in [-0.4, -0.2) is 70.4 Å². The van der Waals surface area contributed by atoms with Crippen LogP contribution in [0, 0.1) is 35.5 Å². The Bertz CT molecular complexity index is 1610. The van der Waals surface area contributed by atoms with E-state index in [-0.39, 0.29) is 6.61 Å². The van der Waals surface area contributed by atoms with Gasteiger partial charge in [0.15, 0.2) is 34.6 Å². The normalized spacial score (nSPS) is 12.7. The third-order valence-electron chi connectivity index (χ3n) is 6.31. The van der Waals surface area contributed by atoms with Crippen molar-refractivity contribution < 1.29 is 57.2 Å². The molecule has 1 aliphatic carbocycles. The van der Waals surface area contributed by atoms with Crippen molar-refractivity contribution in [1.82, 2.24) is 0 Å². The van der Waals surface area contributed by atoms with E-state index in [1.54, 1.807) is 55.4 Å². The van der Waals surface area contributed by atoms with Crippen LogP contribution in [0.25, 0.3) is 0 Å². The summed E-state index contributed by atoms with van der Waals surface area (Å²) in [6.45, 7) is 33.0. The number of hydrogen-bond donors (Lipinski definition) is 0. The van der Waals surface area contributed by atoms with E-state index in [0.717, 1.165) is 55.7 Å². The van der Waals surface area contributed by atoms with Gasteiger partial charge in [-0.2, -0.15) is 0 Å². The molecule has 55 heavy (non-hydrogen) atoms. The molecule has 0 atom stereocenters. The lowest BCUT2D eigenvalue weighted by Gasteiger charge is -2.32. The number of carbonyl (C=O) groups excluding carboxylic acids is 6. The first kappa shape index (κ1) is 51.0. The molecule has 0 aromatic heterocycles. The highest BCUT2D eigenvalue weighted by Crippen LogP contribution is 2.32. The highest BCUT2D eigenvalue weighted by Gasteiger charge is 2.34. The van der Waals surface area contributed by atoms with Gasteiger partial charge in [0.25, 0.3) is 0 Å². The molecule has 0 aromatic carbocycles. The predicted molar refractivity (Wildman–Crippen MR) is 208 cm³/mol. The summed E-state index contributed by atoms with van der Waals surface area (Å²) in [5, 5.41) is 0. The lowest BCUT2D eigenvalue weighted by molar-refractivity contribution is -0.151. The zero-order valence-electron chi connectivity index (χ0n) is 33.3. The maximum absolute atomic E-state index is 11.5. The molecule has 1 fully saturated rings. The van der Waals surface area contributed by atoms with E-state index in [2.05, 4.69) is 79.7 Å². The minimum absolute atomic E-state index is 0.0695. The Balaban J connectivity index is 0. The van der Waals surface area contributed by atoms with Crippen molar-refractivity contribution >= 4 is 35.8 Å². The van der Waals surface area contributed by atoms with Crippen LogP contribution >= 0.6 is 0 Å². The monoisotopic (exact) mass is 762 g/mol. The standard InChI is InChI=1S/C17H22O4.C14H18O4.C12H14O4/c1-5-14(18)20-16(3,4)12-13-17(21-15(19)6-2)10-8-7-9-11-17;1-7-11(15)17-13(3,4)9-10-14(5,6)18-12(16)8-2;1-5-10(13)15-9-7-8-12(3,4)16-11(14)6-2/h5-6H,1-2,7-11H2,3-4H3;7-8H,1-2H2,3-6H3;5-6H,1-2,9H2,3-4H3. The van der Waals surface area contributed by atoms with Crippen LogP contribution in [-0.2, 0) is 57.2 Å². The van der Waals surface area contributed by atoms with Crippen LogP contribution in [0.1, 0.15) is 87.5 Å². The van der Waals surface area contributed by atoms with Gasteiger partial charge in [-0.05, 0) is 81.1 Å². The number of carbonyl (C=O) groups is 6. The molecule has 0 aromatic rings. The van der Waals surface area contributed by atoms with Crippen molar-refractivity contribution in [2.75, 3.05) is 6.61 Å².